The van der Waals surface area contributed by atoms with Crippen molar-refractivity contribution in [3.05, 3.63) is 35.9 Å². The molecular formula is C17H25F3N2O2. The number of aliphatic hydroxyl groups is 1. The summed E-state index contributed by atoms with van der Waals surface area (Å²) in [4.78, 5) is 4.32. The number of nitrogens with zero attached hydrogens (tertiary/aromatic N) is 2. The molecule has 2 atom stereocenters. The second-order valence-corrected chi connectivity index (χ2v) is 6.24. The Morgan fingerprint density at radius 3 is 2.58 bits per heavy atom. The van der Waals surface area contributed by atoms with Crippen LogP contribution in [0.3, 0.4) is 0 Å². The molecular weight excluding hydrogens is 321 g/mol. The van der Waals surface area contributed by atoms with E-state index in [-0.39, 0.29) is 12.6 Å². The summed E-state index contributed by atoms with van der Waals surface area (Å²) in [5.41, 5.74) is 0.896. The van der Waals surface area contributed by atoms with Gasteiger partial charge in [-0.2, -0.15) is 13.2 Å². The Morgan fingerprint density at radius 2 is 1.96 bits per heavy atom. The second kappa shape index (κ2) is 8.80. The number of rotatable bonds is 7. The van der Waals surface area contributed by atoms with E-state index in [9.17, 15) is 18.3 Å². The highest BCUT2D eigenvalue weighted by Crippen LogP contribution is 2.18. The van der Waals surface area contributed by atoms with Crippen molar-refractivity contribution in [1.82, 2.24) is 9.80 Å². The number of β-amino-alcohol motifs (C(OH)–C–C–N with tert-alkyl or cyclic N) is 1. The zero-order valence-electron chi connectivity index (χ0n) is 13.9. The third-order valence-electron chi connectivity index (χ3n) is 4.26. The van der Waals surface area contributed by atoms with Gasteiger partial charge in [0.05, 0.1) is 12.7 Å². The first-order chi connectivity index (χ1) is 11.3. The molecule has 0 spiro atoms. The number of halogens is 3. The lowest BCUT2D eigenvalue weighted by atomic mass is 10.1. The largest absolute Gasteiger partial charge is 0.411 e. The van der Waals surface area contributed by atoms with Crippen molar-refractivity contribution in [2.45, 2.75) is 25.2 Å². The lowest BCUT2D eigenvalue weighted by Crippen LogP contribution is -2.53. The van der Waals surface area contributed by atoms with Gasteiger partial charge < -0.3 is 9.84 Å². The zero-order chi connectivity index (χ0) is 17.6. The van der Waals surface area contributed by atoms with Crippen molar-refractivity contribution in [2.75, 3.05) is 45.9 Å². The molecule has 1 fully saturated rings. The normalized spacial score (nSPS) is 21.8. The highest BCUT2D eigenvalue weighted by molar-refractivity contribution is 5.17. The maximum atomic E-state index is 12.0. The lowest BCUT2D eigenvalue weighted by Gasteiger charge is -2.40. The van der Waals surface area contributed by atoms with Gasteiger partial charge in [-0.05, 0) is 12.5 Å². The Kier molecular flexibility index (Phi) is 7.03. The quantitative estimate of drug-likeness (QED) is 0.769. The summed E-state index contributed by atoms with van der Waals surface area (Å²) < 4.78 is 40.7. The number of aliphatic hydroxyl groups excluding tert-OH is 1. The third-order valence-corrected chi connectivity index (χ3v) is 4.26. The highest BCUT2D eigenvalue weighted by atomic mass is 19.4. The molecule has 1 aliphatic heterocycles. The monoisotopic (exact) mass is 346 g/mol. The Balaban J connectivity index is 1.71. The van der Waals surface area contributed by atoms with Crippen LogP contribution in [0, 0.1) is 0 Å². The minimum Gasteiger partial charge on any atom is -0.387 e. The molecule has 4 nitrogen and oxygen atoms in total. The Hall–Kier alpha value is -1.15. The van der Waals surface area contributed by atoms with E-state index in [0.717, 1.165) is 25.2 Å². The Labute approximate surface area is 140 Å². The number of hydrogen-bond donors (Lipinski definition) is 1. The predicted octanol–water partition coefficient (Wildman–Crippen LogP) is 2.31. The molecule has 1 saturated heterocycles. The number of ether oxygens (including phenoxy) is 1. The van der Waals surface area contributed by atoms with E-state index in [2.05, 4.69) is 21.5 Å². The SMILES string of the molecule is CC1CN(CCOCC(F)(F)F)CCN1CC(O)c1ccccc1. The fourth-order valence-electron chi connectivity index (χ4n) is 2.93. The molecule has 0 aliphatic carbocycles. The van der Waals surface area contributed by atoms with Crippen molar-refractivity contribution in [3.63, 3.8) is 0 Å². The smallest absolute Gasteiger partial charge is 0.387 e. The molecule has 1 aliphatic rings. The summed E-state index contributed by atoms with van der Waals surface area (Å²) in [5.74, 6) is 0. The number of alkyl halides is 3. The second-order valence-electron chi connectivity index (χ2n) is 6.24. The average molecular weight is 346 g/mol. The molecule has 136 valence electrons. The molecule has 1 aromatic rings. The molecule has 1 heterocycles. The fraction of sp³-hybridized carbons (Fsp3) is 0.647. The van der Waals surface area contributed by atoms with Crippen LogP contribution in [0.15, 0.2) is 30.3 Å². The minimum absolute atomic E-state index is 0.0822. The van der Waals surface area contributed by atoms with Gasteiger partial charge in [0.1, 0.15) is 6.61 Å². The van der Waals surface area contributed by atoms with E-state index in [4.69, 9.17) is 0 Å². The first-order valence-electron chi connectivity index (χ1n) is 8.19. The number of piperazine rings is 1. The molecule has 2 rings (SSSR count). The van der Waals surface area contributed by atoms with Gasteiger partial charge in [0.25, 0.3) is 0 Å². The molecule has 0 aromatic heterocycles. The Morgan fingerprint density at radius 1 is 1.25 bits per heavy atom. The summed E-state index contributed by atoms with van der Waals surface area (Å²) in [6, 6.07) is 9.77. The van der Waals surface area contributed by atoms with Crippen molar-refractivity contribution < 1.29 is 23.0 Å². The van der Waals surface area contributed by atoms with Gasteiger partial charge in [-0.3, -0.25) is 9.80 Å². The van der Waals surface area contributed by atoms with Crippen LogP contribution in [0.5, 0.6) is 0 Å². The molecule has 0 saturated carbocycles. The fourth-order valence-corrected chi connectivity index (χ4v) is 2.93. The summed E-state index contributed by atoms with van der Waals surface area (Å²) in [6.07, 6.45) is -4.80. The molecule has 0 radical (unpaired) electrons. The van der Waals surface area contributed by atoms with E-state index in [1.54, 1.807) is 0 Å². The van der Waals surface area contributed by atoms with Crippen molar-refractivity contribution >= 4 is 0 Å². The van der Waals surface area contributed by atoms with Crippen molar-refractivity contribution in [3.8, 4) is 0 Å². The Bertz CT molecular complexity index is 484. The van der Waals surface area contributed by atoms with E-state index in [1.807, 2.05) is 30.3 Å². The summed E-state index contributed by atoms with van der Waals surface area (Å²) in [5, 5.41) is 10.3. The summed E-state index contributed by atoms with van der Waals surface area (Å²) in [6.45, 7) is 4.33. The van der Waals surface area contributed by atoms with Gasteiger partial charge >= 0.3 is 6.18 Å². The maximum absolute atomic E-state index is 12.0. The van der Waals surface area contributed by atoms with Gasteiger partial charge in [0.15, 0.2) is 0 Å². The van der Waals surface area contributed by atoms with Crippen molar-refractivity contribution in [1.29, 1.82) is 0 Å². The molecule has 2 unspecified atom stereocenters. The molecule has 1 aromatic carbocycles. The highest BCUT2D eigenvalue weighted by Gasteiger charge is 2.28. The van der Waals surface area contributed by atoms with Gasteiger partial charge in [-0.1, -0.05) is 30.3 Å². The molecule has 1 N–H and O–H groups in total. The molecule has 0 bridgehead atoms. The van der Waals surface area contributed by atoms with Crippen LogP contribution < -0.4 is 0 Å². The van der Waals surface area contributed by atoms with E-state index in [1.165, 1.54) is 0 Å². The first kappa shape index (κ1) is 19.2. The van der Waals surface area contributed by atoms with Crippen molar-refractivity contribution in [2.24, 2.45) is 0 Å². The van der Waals surface area contributed by atoms with Crippen LogP contribution in [0.2, 0.25) is 0 Å². The van der Waals surface area contributed by atoms with E-state index < -0.39 is 18.9 Å². The van der Waals surface area contributed by atoms with Gasteiger partial charge in [-0.25, -0.2) is 0 Å². The number of benzene rings is 1. The van der Waals surface area contributed by atoms with Crippen LogP contribution in [0.1, 0.15) is 18.6 Å². The van der Waals surface area contributed by atoms with E-state index in [0.29, 0.717) is 13.1 Å². The average Bonchev–Trinajstić information content (AvgIpc) is 2.54. The van der Waals surface area contributed by atoms with E-state index >= 15 is 0 Å². The standard InChI is InChI=1S/C17H25F3N2O2/c1-14-11-21(9-10-24-13-17(18,19)20)7-8-22(14)12-16(23)15-5-3-2-4-6-15/h2-6,14,16,23H,7-13H2,1H3. The van der Waals surface area contributed by atoms with Crippen LogP contribution in [-0.4, -0.2) is 73.1 Å². The van der Waals surface area contributed by atoms with Crippen LogP contribution >= 0.6 is 0 Å². The minimum atomic E-state index is -4.26. The van der Waals surface area contributed by atoms with Crippen LogP contribution in [0.25, 0.3) is 0 Å². The topological polar surface area (TPSA) is 35.9 Å². The van der Waals surface area contributed by atoms with Gasteiger partial charge in [0.2, 0.25) is 0 Å². The maximum Gasteiger partial charge on any atom is 0.411 e. The van der Waals surface area contributed by atoms with Crippen LogP contribution in [0.4, 0.5) is 13.2 Å². The predicted molar refractivity (Wildman–Crippen MR) is 85.8 cm³/mol. The molecule has 7 heteroatoms. The summed E-state index contributed by atoms with van der Waals surface area (Å²) >= 11 is 0. The summed E-state index contributed by atoms with van der Waals surface area (Å²) in [7, 11) is 0. The third kappa shape index (κ3) is 6.39. The van der Waals surface area contributed by atoms with Gasteiger partial charge in [-0.15, -0.1) is 0 Å². The number of hydrogen-bond acceptors (Lipinski definition) is 4. The first-order valence-corrected chi connectivity index (χ1v) is 8.19. The zero-order valence-corrected chi connectivity index (χ0v) is 13.9. The lowest BCUT2D eigenvalue weighted by molar-refractivity contribution is -0.174. The molecule has 0 amide bonds. The van der Waals surface area contributed by atoms with Crippen LogP contribution in [-0.2, 0) is 4.74 Å². The van der Waals surface area contributed by atoms with Gasteiger partial charge in [0, 0.05) is 38.8 Å². The molecule has 24 heavy (non-hydrogen) atoms.